The third kappa shape index (κ3) is 1.18. The molecule has 0 amide bonds. The second-order valence-corrected chi connectivity index (χ2v) is 3.41. The van der Waals surface area contributed by atoms with Crippen molar-refractivity contribution in [3.8, 4) is 0 Å². The molecule has 1 aliphatic rings. The van der Waals surface area contributed by atoms with Crippen LogP contribution in [0.25, 0.3) is 0 Å². The average Bonchev–Trinajstić information content (AvgIpc) is 2.48. The lowest BCUT2D eigenvalue weighted by atomic mass is 10.2. The van der Waals surface area contributed by atoms with Crippen molar-refractivity contribution < 1.29 is 0 Å². The van der Waals surface area contributed by atoms with Crippen LogP contribution in [0.5, 0.6) is 0 Å². The molecule has 0 fully saturated rings. The summed E-state index contributed by atoms with van der Waals surface area (Å²) < 4.78 is 1.99. The number of rotatable bonds is 1. The summed E-state index contributed by atoms with van der Waals surface area (Å²) >= 11 is 0. The predicted octanol–water partition coefficient (Wildman–Crippen LogP) is 1.94. The van der Waals surface area contributed by atoms with E-state index in [1.807, 2.05) is 4.57 Å². The standard InChI is InChI=1S/C9H12N4/c1-6(2)13-5-12-8-7(10)3-4-11-9(8)13/h4-6,10H,3H2,1-2H3. The lowest BCUT2D eigenvalue weighted by Crippen LogP contribution is -2.07. The average molecular weight is 176 g/mol. The molecule has 0 bridgehead atoms. The third-order valence-electron chi connectivity index (χ3n) is 2.12. The Balaban J connectivity index is 2.55. The van der Waals surface area contributed by atoms with Crippen molar-refractivity contribution in [1.29, 1.82) is 5.41 Å². The van der Waals surface area contributed by atoms with Gasteiger partial charge < -0.3 is 9.98 Å². The quantitative estimate of drug-likeness (QED) is 0.698. The van der Waals surface area contributed by atoms with Crippen LogP contribution in [0.1, 0.15) is 32.0 Å². The van der Waals surface area contributed by atoms with Gasteiger partial charge in [-0.3, -0.25) is 0 Å². The highest BCUT2D eigenvalue weighted by molar-refractivity contribution is 6.09. The zero-order chi connectivity index (χ0) is 9.42. The van der Waals surface area contributed by atoms with Gasteiger partial charge in [0.25, 0.3) is 0 Å². The van der Waals surface area contributed by atoms with E-state index in [1.54, 1.807) is 12.5 Å². The van der Waals surface area contributed by atoms with Crippen molar-refractivity contribution >= 4 is 17.7 Å². The molecule has 1 aromatic heterocycles. The molecule has 13 heavy (non-hydrogen) atoms. The number of aliphatic imine (C=N–C) groups is 1. The van der Waals surface area contributed by atoms with E-state index in [2.05, 4.69) is 23.8 Å². The molecule has 2 rings (SSSR count). The number of nitrogens with zero attached hydrogens (tertiary/aromatic N) is 3. The molecule has 0 radical (unpaired) electrons. The molecule has 0 aromatic carbocycles. The van der Waals surface area contributed by atoms with Crippen molar-refractivity contribution in [3.63, 3.8) is 0 Å². The summed E-state index contributed by atoms with van der Waals surface area (Å²) in [6.45, 7) is 4.16. The molecule has 0 unspecified atom stereocenters. The van der Waals surface area contributed by atoms with Gasteiger partial charge in [0.05, 0.1) is 12.0 Å². The molecular weight excluding hydrogens is 164 g/mol. The van der Waals surface area contributed by atoms with Gasteiger partial charge in [0.2, 0.25) is 0 Å². The van der Waals surface area contributed by atoms with Gasteiger partial charge in [0, 0.05) is 18.7 Å². The number of nitrogens with one attached hydrogen (secondary N) is 1. The number of hydrogen-bond acceptors (Lipinski definition) is 3. The molecule has 4 heteroatoms. The lowest BCUT2D eigenvalue weighted by molar-refractivity contribution is 0.603. The summed E-state index contributed by atoms with van der Waals surface area (Å²) in [5, 5.41) is 7.66. The molecule has 1 aromatic rings. The minimum Gasteiger partial charge on any atom is -0.313 e. The van der Waals surface area contributed by atoms with Crippen LogP contribution in [-0.4, -0.2) is 21.5 Å². The highest BCUT2D eigenvalue weighted by atomic mass is 15.2. The fraction of sp³-hybridized carbons (Fsp3) is 0.444. The zero-order valence-corrected chi connectivity index (χ0v) is 7.78. The number of aromatic nitrogens is 2. The first kappa shape index (κ1) is 8.16. The van der Waals surface area contributed by atoms with Gasteiger partial charge in [-0.25, -0.2) is 9.98 Å². The van der Waals surface area contributed by atoms with Gasteiger partial charge in [-0.1, -0.05) is 0 Å². The second kappa shape index (κ2) is 2.80. The van der Waals surface area contributed by atoms with Crippen molar-refractivity contribution in [2.45, 2.75) is 26.3 Å². The molecule has 1 N–H and O–H groups in total. The van der Waals surface area contributed by atoms with Gasteiger partial charge >= 0.3 is 0 Å². The van der Waals surface area contributed by atoms with Crippen molar-refractivity contribution in [2.75, 3.05) is 0 Å². The number of hydrogen-bond donors (Lipinski definition) is 1. The van der Waals surface area contributed by atoms with Gasteiger partial charge in [0.1, 0.15) is 5.69 Å². The van der Waals surface area contributed by atoms with Crippen LogP contribution in [0.2, 0.25) is 0 Å². The smallest absolute Gasteiger partial charge is 0.161 e. The van der Waals surface area contributed by atoms with Crippen LogP contribution >= 0.6 is 0 Å². The second-order valence-electron chi connectivity index (χ2n) is 3.41. The Labute approximate surface area is 76.8 Å². The number of imidazole rings is 1. The lowest BCUT2D eigenvalue weighted by Gasteiger charge is -2.11. The minimum absolute atomic E-state index is 0.347. The molecule has 0 spiro atoms. The summed E-state index contributed by atoms with van der Waals surface area (Å²) in [6, 6.07) is 0.347. The van der Waals surface area contributed by atoms with Crippen molar-refractivity contribution in [3.05, 3.63) is 12.0 Å². The van der Waals surface area contributed by atoms with E-state index in [0.29, 0.717) is 18.2 Å². The largest absolute Gasteiger partial charge is 0.313 e. The van der Waals surface area contributed by atoms with Crippen LogP contribution in [0, 0.1) is 5.41 Å². The summed E-state index contributed by atoms with van der Waals surface area (Å²) in [6.07, 6.45) is 4.12. The first-order valence-corrected chi connectivity index (χ1v) is 4.37. The van der Waals surface area contributed by atoms with Crippen LogP contribution in [0.15, 0.2) is 11.3 Å². The monoisotopic (exact) mass is 176 g/mol. The Morgan fingerprint density at radius 3 is 3.00 bits per heavy atom. The molecule has 0 saturated carbocycles. The fourth-order valence-corrected chi connectivity index (χ4v) is 1.39. The van der Waals surface area contributed by atoms with Crippen LogP contribution in [-0.2, 0) is 0 Å². The Bertz CT molecular complexity index is 373. The van der Waals surface area contributed by atoms with E-state index in [1.165, 1.54) is 0 Å². The van der Waals surface area contributed by atoms with E-state index in [4.69, 9.17) is 5.41 Å². The molecule has 2 heterocycles. The van der Waals surface area contributed by atoms with Crippen molar-refractivity contribution in [1.82, 2.24) is 9.55 Å². The van der Waals surface area contributed by atoms with E-state index in [0.717, 1.165) is 11.5 Å². The van der Waals surface area contributed by atoms with E-state index in [9.17, 15) is 0 Å². The van der Waals surface area contributed by atoms with Gasteiger partial charge in [-0.2, -0.15) is 0 Å². The maximum Gasteiger partial charge on any atom is 0.161 e. The van der Waals surface area contributed by atoms with Crippen LogP contribution in [0.3, 0.4) is 0 Å². The molecule has 0 atom stereocenters. The normalized spacial score (nSPS) is 15.2. The van der Waals surface area contributed by atoms with E-state index in [-0.39, 0.29) is 0 Å². The number of fused-ring (bicyclic) bond motifs is 1. The SMILES string of the molecule is CC(C)n1cnc2c1N=CCC2=N. The Hall–Kier alpha value is -1.45. The Morgan fingerprint density at radius 1 is 1.54 bits per heavy atom. The summed E-state index contributed by atoms with van der Waals surface area (Å²) in [4.78, 5) is 8.44. The predicted molar refractivity (Wildman–Crippen MR) is 52.2 cm³/mol. The highest BCUT2D eigenvalue weighted by Crippen LogP contribution is 2.25. The summed E-state index contributed by atoms with van der Waals surface area (Å²) in [7, 11) is 0. The van der Waals surface area contributed by atoms with Gasteiger partial charge in [-0.05, 0) is 13.8 Å². The highest BCUT2D eigenvalue weighted by Gasteiger charge is 2.17. The maximum absolute atomic E-state index is 7.66. The van der Waals surface area contributed by atoms with E-state index >= 15 is 0 Å². The van der Waals surface area contributed by atoms with Crippen LogP contribution < -0.4 is 0 Å². The van der Waals surface area contributed by atoms with Crippen LogP contribution in [0.4, 0.5) is 5.82 Å². The van der Waals surface area contributed by atoms with E-state index < -0.39 is 0 Å². The summed E-state index contributed by atoms with van der Waals surface area (Å²) in [5.74, 6) is 0.825. The van der Waals surface area contributed by atoms with Gasteiger partial charge in [0.15, 0.2) is 5.82 Å². The molecule has 68 valence electrons. The molecule has 1 aliphatic heterocycles. The zero-order valence-electron chi connectivity index (χ0n) is 7.78. The Morgan fingerprint density at radius 2 is 2.31 bits per heavy atom. The Kier molecular flexibility index (Phi) is 1.76. The first-order chi connectivity index (χ1) is 6.20. The third-order valence-corrected chi connectivity index (χ3v) is 2.12. The first-order valence-electron chi connectivity index (χ1n) is 4.37. The molecular formula is C9H12N4. The minimum atomic E-state index is 0.347. The molecule has 0 aliphatic carbocycles. The molecule has 4 nitrogen and oxygen atoms in total. The molecule has 0 saturated heterocycles. The van der Waals surface area contributed by atoms with Gasteiger partial charge in [-0.15, -0.1) is 0 Å². The maximum atomic E-state index is 7.66. The van der Waals surface area contributed by atoms with Crippen molar-refractivity contribution in [2.24, 2.45) is 4.99 Å². The fourth-order valence-electron chi connectivity index (χ4n) is 1.39. The summed E-state index contributed by atoms with van der Waals surface area (Å²) in [5.41, 5.74) is 1.29. The topological polar surface area (TPSA) is 54.0 Å².